The summed E-state index contributed by atoms with van der Waals surface area (Å²) >= 11 is 0. The molecule has 18 heavy (non-hydrogen) atoms. The van der Waals surface area contributed by atoms with Gasteiger partial charge < -0.3 is 5.11 Å². The van der Waals surface area contributed by atoms with Crippen LogP contribution in [-0.2, 0) is 4.79 Å². The van der Waals surface area contributed by atoms with Crippen LogP contribution < -0.4 is 4.90 Å². The fourth-order valence-corrected chi connectivity index (χ4v) is 1.92. The Morgan fingerprint density at radius 3 is 2.28 bits per heavy atom. The zero-order valence-corrected chi connectivity index (χ0v) is 10.2. The van der Waals surface area contributed by atoms with Gasteiger partial charge >= 0.3 is 0 Å². The van der Waals surface area contributed by atoms with Gasteiger partial charge in [-0.3, -0.25) is 9.69 Å². The highest BCUT2D eigenvalue weighted by Crippen LogP contribution is 2.30. The lowest BCUT2D eigenvalue weighted by Gasteiger charge is -2.21. The van der Waals surface area contributed by atoms with E-state index < -0.39 is 0 Å². The number of para-hydroxylation sites is 1. The SMILES string of the molecule is CC(=O)N(CO)c1ccccc1-c1ccccc1. The second-order valence-electron chi connectivity index (χ2n) is 3.97. The molecule has 0 aliphatic carbocycles. The molecule has 0 radical (unpaired) electrons. The largest absolute Gasteiger partial charge is 0.376 e. The molecule has 0 saturated heterocycles. The normalized spacial score (nSPS) is 10.1. The lowest BCUT2D eigenvalue weighted by atomic mass is 10.0. The van der Waals surface area contributed by atoms with Crippen molar-refractivity contribution in [1.29, 1.82) is 0 Å². The predicted octanol–water partition coefficient (Wildman–Crippen LogP) is 2.66. The van der Waals surface area contributed by atoms with Crippen LogP contribution in [0.5, 0.6) is 0 Å². The summed E-state index contributed by atoms with van der Waals surface area (Å²) < 4.78 is 0. The summed E-state index contributed by atoms with van der Waals surface area (Å²) in [5.41, 5.74) is 2.67. The van der Waals surface area contributed by atoms with E-state index in [9.17, 15) is 9.90 Å². The van der Waals surface area contributed by atoms with E-state index in [1.165, 1.54) is 11.8 Å². The molecule has 92 valence electrons. The van der Waals surface area contributed by atoms with Crippen molar-refractivity contribution in [2.45, 2.75) is 6.92 Å². The van der Waals surface area contributed by atoms with Gasteiger partial charge in [-0.2, -0.15) is 0 Å². The second kappa shape index (κ2) is 5.47. The average Bonchev–Trinajstić information content (AvgIpc) is 2.41. The molecule has 2 rings (SSSR count). The van der Waals surface area contributed by atoms with Crippen LogP contribution in [0.1, 0.15) is 6.92 Å². The first-order chi connectivity index (χ1) is 8.74. The number of amides is 1. The Morgan fingerprint density at radius 1 is 1.06 bits per heavy atom. The summed E-state index contributed by atoms with van der Waals surface area (Å²) in [7, 11) is 0. The molecule has 1 amide bonds. The third kappa shape index (κ3) is 2.41. The molecule has 0 bridgehead atoms. The highest BCUT2D eigenvalue weighted by atomic mass is 16.3. The summed E-state index contributed by atoms with van der Waals surface area (Å²) in [5, 5.41) is 9.33. The maximum atomic E-state index is 11.5. The van der Waals surface area contributed by atoms with Crippen molar-refractivity contribution < 1.29 is 9.90 Å². The lowest BCUT2D eigenvalue weighted by molar-refractivity contribution is -0.117. The Hall–Kier alpha value is -2.13. The number of nitrogens with zero attached hydrogens (tertiary/aromatic N) is 1. The van der Waals surface area contributed by atoms with Gasteiger partial charge in [0.1, 0.15) is 6.73 Å². The van der Waals surface area contributed by atoms with E-state index >= 15 is 0 Å². The van der Waals surface area contributed by atoms with Gasteiger partial charge in [-0.25, -0.2) is 0 Å². The molecule has 0 unspecified atom stereocenters. The summed E-state index contributed by atoms with van der Waals surface area (Å²) in [5.74, 6) is -0.180. The molecule has 3 heteroatoms. The van der Waals surface area contributed by atoms with Crippen LogP contribution >= 0.6 is 0 Å². The molecule has 2 aromatic carbocycles. The zero-order chi connectivity index (χ0) is 13.0. The molecule has 1 N–H and O–H groups in total. The minimum Gasteiger partial charge on any atom is -0.376 e. The second-order valence-corrected chi connectivity index (χ2v) is 3.97. The van der Waals surface area contributed by atoms with Gasteiger partial charge in [-0.05, 0) is 11.6 Å². The number of aliphatic hydroxyl groups is 1. The van der Waals surface area contributed by atoms with Crippen molar-refractivity contribution in [3.05, 3.63) is 54.6 Å². The molecule has 0 fully saturated rings. The number of carbonyl (C=O) groups is 1. The molecule has 0 aromatic heterocycles. The van der Waals surface area contributed by atoms with Gasteiger partial charge in [0.2, 0.25) is 5.91 Å². The molecule has 0 saturated carbocycles. The quantitative estimate of drug-likeness (QED) is 0.839. The monoisotopic (exact) mass is 241 g/mol. The zero-order valence-electron chi connectivity index (χ0n) is 10.2. The third-order valence-corrected chi connectivity index (χ3v) is 2.80. The number of rotatable bonds is 3. The van der Waals surface area contributed by atoms with Crippen LogP contribution in [0.2, 0.25) is 0 Å². The molecule has 0 heterocycles. The van der Waals surface area contributed by atoms with Crippen LogP contribution in [0.4, 0.5) is 5.69 Å². The number of aliphatic hydroxyl groups excluding tert-OH is 1. The van der Waals surface area contributed by atoms with Crippen LogP contribution in [0.25, 0.3) is 11.1 Å². The van der Waals surface area contributed by atoms with E-state index in [-0.39, 0.29) is 12.6 Å². The maximum Gasteiger partial charge on any atom is 0.225 e. The fourth-order valence-electron chi connectivity index (χ4n) is 1.92. The molecular weight excluding hydrogens is 226 g/mol. The van der Waals surface area contributed by atoms with Gasteiger partial charge in [0.15, 0.2) is 0 Å². The summed E-state index contributed by atoms with van der Waals surface area (Å²) in [6, 6.07) is 17.3. The van der Waals surface area contributed by atoms with Crippen molar-refractivity contribution in [3.8, 4) is 11.1 Å². The number of benzene rings is 2. The number of carbonyl (C=O) groups excluding carboxylic acids is 1. The predicted molar refractivity (Wildman–Crippen MR) is 72.1 cm³/mol. The van der Waals surface area contributed by atoms with Crippen molar-refractivity contribution in [2.75, 3.05) is 11.6 Å². The Bertz CT molecular complexity index is 537. The molecule has 3 nitrogen and oxygen atoms in total. The lowest BCUT2D eigenvalue weighted by Crippen LogP contribution is -2.29. The van der Waals surface area contributed by atoms with E-state index in [0.717, 1.165) is 16.8 Å². The average molecular weight is 241 g/mol. The molecule has 0 spiro atoms. The van der Waals surface area contributed by atoms with Crippen molar-refractivity contribution >= 4 is 11.6 Å². The van der Waals surface area contributed by atoms with Crippen LogP contribution in [0.15, 0.2) is 54.6 Å². The number of hydrogen-bond acceptors (Lipinski definition) is 2. The molecule has 0 aliphatic rings. The van der Waals surface area contributed by atoms with Crippen molar-refractivity contribution in [3.63, 3.8) is 0 Å². The van der Waals surface area contributed by atoms with Gasteiger partial charge in [0, 0.05) is 12.5 Å². The highest BCUT2D eigenvalue weighted by Gasteiger charge is 2.14. The van der Waals surface area contributed by atoms with Gasteiger partial charge in [0.25, 0.3) is 0 Å². The number of anilines is 1. The fraction of sp³-hybridized carbons (Fsp3) is 0.133. The van der Waals surface area contributed by atoms with Crippen LogP contribution in [-0.4, -0.2) is 17.7 Å². The topological polar surface area (TPSA) is 40.5 Å². The first-order valence-electron chi connectivity index (χ1n) is 5.77. The Morgan fingerprint density at radius 2 is 1.67 bits per heavy atom. The molecule has 2 aromatic rings. The highest BCUT2D eigenvalue weighted by molar-refractivity contribution is 5.96. The Labute approximate surface area is 106 Å². The van der Waals surface area contributed by atoms with E-state index in [2.05, 4.69) is 0 Å². The Kier molecular flexibility index (Phi) is 3.75. The van der Waals surface area contributed by atoms with Gasteiger partial charge in [0.05, 0.1) is 5.69 Å². The van der Waals surface area contributed by atoms with E-state index in [1.54, 1.807) is 0 Å². The first-order valence-corrected chi connectivity index (χ1v) is 5.77. The Balaban J connectivity index is 2.53. The van der Waals surface area contributed by atoms with E-state index in [4.69, 9.17) is 0 Å². The van der Waals surface area contributed by atoms with E-state index in [1.807, 2.05) is 54.6 Å². The van der Waals surface area contributed by atoms with Gasteiger partial charge in [-0.1, -0.05) is 48.5 Å². The maximum absolute atomic E-state index is 11.5. The smallest absolute Gasteiger partial charge is 0.225 e. The van der Waals surface area contributed by atoms with Crippen molar-refractivity contribution in [2.24, 2.45) is 0 Å². The summed E-state index contributed by atoms with van der Waals surface area (Å²) in [4.78, 5) is 12.9. The standard InChI is InChI=1S/C15H15NO2/c1-12(18)16(11-17)15-10-6-5-9-14(15)13-7-3-2-4-8-13/h2-10,17H,11H2,1H3. The van der Waals surface area contributed by atoms with E-state index in [0.29, 0.717) is 0 Å². The van der Waals surface area contributed by atoms with Crippen LogP contribution in [0, 0.1) is 0 Å². The van der Waals surface area contributed by atoms with Gasteiger partial charge in [-0.15, -0.1) is 0 Å². The number of hydrogen-bond donors (Lipinski definition) is 1. The molecule has 0 atom stereocenters. The molecule has 0 aliphatic heterocycles. The minimum absolute atomic E-state index is 0.180. The summed E-state index contributed by atoms with van der Waals surface area (Å²) in [6.45, 7) is 1.12. The van der Waals surface area contributed by atoms with Crippen LogP contribution in [0.3, 0.4) is 0 Å². The first kappa shape index (κ1) is 12.3. The minimum atomic E-state index is -0.320. The third-order valence-electron chi connectivity index (χ3n) is 2.80. The molecular formula is C15H15NO2. The summed E-state index contributed by atoms with van der Waals surface area (Å²) in [6.07, 6.45) is 0. The van der Waals surface area contributed by atoms with Crippen molar-refractivity contribution in [1.82, 2.24) is 0 Å².